The molecule has 1 aromatic carbocycles. The fourth-order valence-corrected chi connectivity index (χ4v) is 3.36. The number of nitrogens with one attached hydrogen (secondary N) is 2. The molecule has 11 heteroatoms. The van der Waals surface area contributed by atoms with Crippen LogP contribution in [-0.2, 0) is 14.8 Å². The Labute approximate surface area is 141 Å². The summed E-state index contributed by atoms with van der Waals surface area (Å²) < 4.78 is 52.0. The third-order valence-corrected chi connectivity index (χ3v) is 5.30. The van der Waals surface area contributed by atoms with Crippen molar-refractivity contribution < 1.29 is 22.0 Å². The first-order valence-corrected chi connectivity index (χ1v) is 8.92. The van der Waals surface area contributed by atoms with E-state index in [2.05, 4.69) is 20.2 Å². The quantitative estimate of drug-likeness (QED) is 0.799. The number of carbonyl (C=O) groups excluding carboxylic acids is 1. The summed E-state index contributed by atoms with van der Waals surface area (Å²) in [6, 6.07) is 2.57. The van der Waals surface area contributed by atoms with Gasteiger partial charge in [0.1, 0.15) is 0 Å². The maximum absolute atomic E-state index is 13.1. The first kappa shape index (κ1) is 18.2. The van der Waals surface area contributed by atoms with Gasteiger partial charge in [0.05, 0.1) is 5.69 Å². The van der Waals surface area contributed by atoms with Gasteiger partial charge in [0, 0.05) is 11.5 Å². The molecule has 1 amide bonds. The molecule has 0 bridgehead atoms. The number of halogens is 2. The number of sulfonamides is 1. The zero-order valence-electron chi connectivity index (χ0n) is 12.9. The molecule has 0 aliphatic carbocycles. The van der Waals surface area contributed by atoms with Crippen molar-refractivity contribution in [1.82, 2.24) is 10.2 Å². The minimum Gasteiger partial charge on any atom is -0.300 e. The van der Waals surface area contributed by atoms with Gasteiger partial charge in [-0.25, -0.2) is 8.78 Å². The van der Waals surface area contributed by atoms with E-state index in [1.807, 2.05) is 0 Å². The Morgan fingerprint density at radius 2 is 1.83 bits per heavy atom. The third kappa shape index (κ3) is 4.23. The van der Waals surface area contributed by atoms with E-state index in [1.165, 1.54) is 0 Å². The summed E-state index contributed by atoms with van der Waals surface area (Å²) in [5, 5.41) is 9.56. The number of aromatic nitrogens is 2. The molecule has 7 nitrogen and oxygen atoms in total. The maximum atomic E-state index is 13.1. The van der Waals surface area contributed by atoms with Gasteiger partial charge < -0.3 is 5.32 Å². The number of carbonyl (C=O) groups is 1. The molecule has 24 heavy (non-hydrogen) atoms. The minimum absolute atomic E-state index is 0.0144. The molecule has 0 saturated heterocycles. The summed E-state index contributed by atoms with van der Waals surface area (Å²) in [7, 11) is -4.14. The third-order valence-electron chi connectivity index (χ3n) is 2.71. The number of benzene rings is 1. The maximum Gasteiger partial charge on any atom is 0.291 e. The van der Waals surface area contributed by atoms with Crippen molar-refractivity contribution in [3.8, 4) is 0 Å². The Morgan fingerprint density at radius 1 is 1.17 bits per heavy atom. The highest BCUT2D eigenvalue weighted by Gasteiger charge is 2.25. The number of hydrogen-bond donors (Lipinski definition) is 2. The fourth-order valence-electron chi connectivity index (χ4n) is 1.41. The van der Waals surface area contributed by atoms with Crippen LogP contribution in [0, 0.1) is 17.0 Å². The number of nitrogens with zero attached hydrogens (tertiary/aromatic N) is 2. The van der Waals surface area contributed by atoms with Gasteiger partial charge in [-0.1, -0.05) is 32.1 Å². The normalized spacial score (nSPS) is 12.0. The molecule has 0 saturated carbocycles. The van der Waals surface area contributed by atoms with Gasteiger partial charge in [-0.05, 0) is 12.1 Å². The van der Waals surface area contributed by atoms with Crippen LogP contribution in [0.4, 0.5) is 19.6 Å². The first-order chi connectivity index (χ1) is 11.0. The van der Waals surface area contributed by atoms with E-state index in [9.17, 15) is 22.0 Å². The van der Waals surface area contributed by atoms with Crippen LogP contribution in [-0.4, -0.2) is 24.5 Å². The predicted octanol–water partition coefficient (Wildman–Crippen LogP) is 2.60. The molecule has 1 aromatic heterocycles. The number of hydrogen-bond acceptors (Lipinski definition) is 6. The van der Waals surface area contributed by atoms with Crippen molar-refractivity contribution >= 4 is 38.1 Å². The molecule has 0 aliphatic rings. The van der Waals surface area contributed by atoms with Crippen LogP contribution in [0.3, 0.4) is 0 Å². The van der Waals surface area contributed by atoms with Crippen LogP contribution in [0.15, 0.2) is 22.5 Å². The van der Waals surface area contributed by atoms with Crippen LogP contribution in [0.25, 0.3) is 0 Å². The van der Waals surface area contributed by atoms with E-state index in [0.717, 1.165) is 12.1 Å². The van der Waals surface area contributed by atoms with Crippen molar-refractivity contribution in [3.05, 3.63) is 29.8 Å². The van der Waals surface area contributed by atoms with Crippen molar-refractivity contribution in [2.45, 2.75) is 25.1 Å². The molecule has 0 radical (unpaired) electrons. The van der Waals surface area contributed by atoms with Crippen molar-refractivity contribution in [3.63, 3.8) is 0 Å². The van der Waals surface area contributed by atoms with E-state index >= 15 is 0 Å². The lowest BCUT2D eigenvalue weighted by Crippen LogP contribution is -2.27. The zero-order chi connectivity index (χ0) is 18.1. The number of anilines is 2. The van der Waals surface area contributed by atoms with E-state index in [0.29, 0.717) is 17.4 Å². The lowest BCUT2D eigenvalue weighted by Gasteiger charge is -2.15. The van der Waals surface area contributed by atoms with Crippen LogP contribution in [0.1, 0.15) is 20.8 Å². The Bertz CT molecular complexity index is 876. The Hall–Kier alpha value is -2.14. The van der Waals surface area contributed by atoms with E-state index < -0.39 is 31.4 Å². The second-order valence-corrected chi connectivity index (χ2v) is 8.65. The average Bonchev–Trinajstić information content (AvgIpc) is 2.91. The molecule has 2 aromatic rings. The summed E-state index contributed by atoms with van der Waals surface area (Å²) in [4.78, 5) is 11.8. The van der Waals surface area contributed by atoms with Gasteiger partial charge in [0.25, 0.3) is 14.4 Å². The van der Waals surface area contributed by atoms with Crippen molar-refractivity contribution in [1.29, 1.82) is 0 Å². The largest absolute Gasteiger partial charge is 0.300 e. The van der Waals surface area contributed by atoms with Crippen LogP contribution in [0.5, 0.6) is 0 Å². The minimum atomic E-state index is -4.14. The molecule has 0 spiro atoms. The molecule has 0 fully saturated rings. The highest BCUT2D eigenvalue weighted by atomic mass is 32.2. The molecule has 130 valence electrons. The topological polar surface area (TPSA) is 101 Å². The number of amides is 1. The van der Waals surface area contributed by atoms with Gasteiger partial charge in [0.15, 0.2) is 11.6 Å². The summed E-state index contributed by atoms with van der Waals surface area (Å²) in [6.45, 7) is 5.06. The molecular weight excluding hydrogens is 362 g/mol. The molecule has 0 unspecified atom stereocenters. The zero-order valence-corrected chi connectivity index (χ0v) is 14.6. The van der Waals surface area contributed by atoms with Gasteiger partial charge in [0.2, 0.25) is 11.0 Å². The fraction of sp³-hybridized carbons (Fsp3) is 0.308. The smallest absolute Gasteiger partial charge is 0.291 e. The van der Waals surface area contributed by atoms with Crippen LogP contribution >= 0.6 is 11.3 Å². The van der Waals surface area contributed by atoms with E-state index in [4.69, 9.17) is 0 Å². The summed E-state index contributed by atoms with van der Waals surface area (Å²) in [5.74, 6) is -2.64. The van der Waals surface area contributed by atoms with Gasteiger partial charge >= 0.3 is 0 Å². The van der Waals surface area contributed by atoms with E-state index in [1.54, 1.807) is 20.8 Å². The van der Waals surface area contributed by atoms with Crippen LogP contribution < -0.4 is 10.0 Å². The molecule has 0 atom stereocenters. The van der Waals surface area contributed by atoms with Gasteiger partial charge in [-0.15, -0.1) is 10.2 Å². The first-order valence-electron chi connectivity index (χ1n) is 6.62. The lowest BCUT2D eigenvalue weighted by atomic mass is 9.96. The second-order valence-electron chi connectivity index (χ2n) is 5.81. The summed E-state index contributed by atoms with van der Waals surface area (Å²) >= 11 is 0.638. The van der Waals surface area contributed by atoms with Gasteiger partial charge in [-0.3, -0.25) is 9.52 Å². The molecule has 0 aliphatic heterocycles. The average molecular weight is 376 g/mol. The van der Waals surface area contributed by atoms with E-state index in [-0.39, 0.29) is 16.7 Å². The number of rotatable bonds is 4. The lowest BCUT2D eigenvalue weighted by molar-refractivity contribution is -0.123. The highest BCUT2D eigenvalue weighted by molar-refractivity contribution is 7.94. The summed E-state index contributed by atoms with van der Waals surface area (Å²) in [5.41, 5.74) is -0.849. The molecule has 1 heterocycles. The van der Waals surface area contributed by atoms with Crippen molar-refractivity contribution in [2.24, 2.45) is 5.41 Å². The molecule has 2 rings (SSSR count). The summed E-state index contributed by atoms with van der Waals surface area (Å²) in [6.07, 6.45) is 0. The second kappa shape index (κ2) is 6.40. The SMILES string of the molecule is CC(C)(C)C(=O)Nc1nnc(S(=O)(=O)Nc2ccc(F)c(F)c2)s1. The Morgan fingerprint density at radius 3 is 2.42 bits per heavy atom. The van der Waals surface area contributed by atoms with Crippen molar-refractivity contribution in [2.75, 3.05) is 10.0 Å². The highest BCUT2D eigenvalue weighted by Crippen LogP contribution is 2.25. The monoisotopic (exact) mass is 376 g/mol. The predicted molar refractivity (Wildman–Crippen MR) is 85.2 cm³/mol. The Balaban J connectivity index is 2.18. The van der Waals surface area contributed by atoms with Crippen LogP contribution in [0.2, 0.25) is 0 Å². The molecule has 2 N–H and O–H groups in total. The van der Waals surface area contributed by atoms with Gasteiger partial charge in [-0.2, -0.15) is 8.42 Å². The Kier molecular flexibility index (Phi) is 4.85. The standard InChI is InChI=1S/C13H14F2N4O3S2/c1-13(2,3)10(20)16-11-17-18-12(23-11)24(21,22)19-7-4-5-8(14)9(15)6-7/h4-6,19H,1-3H3,(H,16,17,20). The molecular formula is C13H14F2N4O3S2.